The number of nitrogens with zero attached hydrogens (tertiary/aromatic N) is 3. The Morgan fingerprint density at radius 3 is 2.58 bits per heavy atom. The third-order valence-electron chi connectivity index (χ3n) is 4.54. The Labute approximate surface area is 183 Å². The van der Waals surface area contributed by atoms with Crippen molar-refractivity contribution in [3.63, 3.8) is 0 Å². The van der Waals surface area contributed by atoms with Gasteiger partial charge in [-0.15, -0.1) is 11.3 Å². The number of nitriles is 1. The molecule has 1 aromatic heterocycles. The van der Waals surface area contributed by atoms with E-state index in [2.05, 4.69) is 10.3 Å². The van der Waals surface area contributed by atoms with Crippen molar-refractivity contribution >= 4 is 45.7 Å². The van der Waals surface area contributed by atoms with E-state index in [1.54, 1.807) is 11.4 Å². The molecular weight excluding hydrogens is 415 g/mol. The molecule has 0 unspecified atom stereocenters. The number of rotatable bonds is 5. The van der Waals surface area contributed by atoms with Crippen molar-refractivity contribution in [3.05, 3.63) is 76.1 Å². The van der Waals surface area contributed by atoms with E-state index in [4.69, 9.17) is 0 Å². The molecule has 0 bridgehead atoms. The summed E-state index contributed by atoms with van der Waals surface area (Å²) in [5.74, 6) is -1.57. The predicted molar refractivity (Wildman–Crippen MR) is 119 cm³/mol. The Bertz CT molecular complexity index is 1230. The molecule has 0 atom stereocenters. The van der Waals surface area contributed by atoms with Crippen molar-refractivity contribution in [2.75, 3.05) is 10.2 Å². The molecule has 3 aromatic rings. The van der Waals surface area contributed by atoms with Gasteiger partial charge in [0.1, 0.15) is 17.5 Å². The van der Waals surface area contributed by atoms with E-state index in [-0.39, 0.29) is 17.2 Å². The number of amides is 2. The van der Waals surface area contributed by atoms with Crippen LogP contribution in [0.4, 0.5) is 20.9 Å². The van der Waals surface area contributed by atoms with Crippen molar-refractivity contribution in [2.45, 2.75) is 20.8 Å². The lowest BCUT2D eigenvalue weighted by Gasteiger charge is -2.19. The highest BCUT2D eigenvalue weighted by atomic mass is 32.1. The van der Waals surface area contributed by atoms with Gasteiger partial charge in [0, 0.05) is 12.3 Å². The van der Waals surface area contributed by atoms with Crippen molar-refractivity contribution in [1.29, 1.82) is 5.26 Å². The number of halogens is 1. The minimum atomic E-state index is -0.750. The van der Waals surface area contributed by atoms with E-state index in [0.29, 0.717) is 16.5 Å². The van der Waals surface area contributed by atoms with Crippen LogP contribution in [0.5, 0.6) is 0 Å². The first kappa shape index (κ1) is 21.9. The monoisotopic (exact) mass is 434 g/mol. The lowest BCUT2D eigenvalue weighted by molar-refractivity contribution is -0.116. The van der Waals surface area contributed by atoms with Crippen molar-refractivity contribution in [1.82, 2.24) is 4.98 Å². The third-order valence-corrected chi connectivity index (χ3v) is 5.39. The average molecular weight is 434 g/mol. The van der Waals surface area contributed by atoms with Gasteiger partial charge in [0.15, 0.2) is 5.13 Å². The van der Waals surface area contributed by atoms with Gasteiger partial charge in [0.25, 0.3) is 5.91 Å². The summed E-state index contributed by atoms with van der Waals surface area (Å²) < 4.78 is 13.8. The fourth-order valence-electron chi connectivity index (χ4n) is 2.79. The fourth-order valence-corrected chi connectivity index (χ4v) is 3.63. The van der Waals surface area contributed by atoms with E-state index < -0.39 is 11.7 Å². The minimum Gasteiger partial charge on any atom is -0.319 e. The molecule has 0 aliphatic carbocycles. The normalized spacial score (nSPS) is 11.0. The molecule has 31 heavy (non-hydrogen) atoms. The Kier molecular flexibility index (Phi) is 6.58. The van der Waals surface area contributed by atoms with Gasteiger partial charge >= 0.3 is 0 Å². The molecule has 0 radical (unpaired) electrons. The smallest absolute Gasteiger partial charge is 0.266 e. The van der Waals surface area contributed by atoms with Crippen LogP contribution < -0.4 is 10.2 Å². The lowest BCUT2D eigenvalue weighted by atomic mass is 10.1. The maximum atomic E-state index is 13.8. The number of hydrogen-bond acceptors (Lipinski definition) is 5. The molecule has 0 saturated heterocycles. The predicted octanol–water partition coefficient (Wildman–Crippen LogP) is 5.13. The van der Waals surface area contributed by atoms with Gasteiger partial charge in [-0.05, 0) is 55.3 Å². The number of aromatic nitrogens is 1. The zero-order chi connectivity index (χ0) is 22.5. The van der Waals surface area contributed by atoms with Gasteiger partial charge < -0.3 is 5.32 Å². The van der Waals surface area contributed by atoms with Gasteiger partial charge in [0.2, 0.25) is 5.91 Å². The van der Waals surface area contributed by atoms with Gasteiger partial charge in [-0.3, -0.25) is 14.5 Å². The zero-order valence-corrected chi connectivity index (χ0v) is 18.0. The molecule has 6 nitrogen and oxygen atoms in total. The highest BCUT2D eigenvalue weighted by Gasteiger charge is 2.19. The van der Waals surface area contributed by atoms with Gasteiger partial charge in [0.05, 0.1) is 17.1 Å². The highest BCUT2D eigenvalue weighted by molar-refractivity contribution is 7.14. The summed E-state index contributed by atoms with van der Waals surface area (Å²) in [6.45, 7) is 5.38. The number of para-hydroxylation sites is 1. The number of nitrogens with one attached hydrogen (secondary N) is 1. The quantitative estimate of drug-likeness (QED) is 0.446. The van der Waals surface area contributed by atoms with Crippen LogP contribution >= 0.6 is 11.3 Å². The molecule has 1 heterocycles. The van der Waals surface area contributed by atoms with Crippen LogP contribution in [0.3, 0.4) is 0 Å². The van der Waals surface area contributed by atoms with Gasteiger partial charge in [-0.1, -0.05) is 18.2 Å². The second-order valence-corrected chi connectivity index (χ2v) is 7.62. The van der Waals surface area contributed by atoms with Crippen LogP contribution in [0, 0.1) is 31.0 Å². The number of benzene rings is 2. The number of anilines is 3. The van der Waals surface area contributed by atoms with Crippen molar-refractivity contribution in [3.8, 4) is 6.07 Å². The fraction of sp³-hybridized carbons (Fsp3) is 0.130. The first-order valence-corrected chi connectivity index (χ1v) is 10.2. The number of carbonyl (C=O) groups excluding carboxylic acids is 2. The summed E-state index contributed by atoms with van der Waals surface area (Å²) in [5, 5.41) is 13.8. The van der Waals surface area contributed by atoms with Crippen LogP contribution in [-0.2, 0) is 9.59 Å². The molecule has 1 N–H and O–H groups in total. The Morgan fingerprint density at radius 1 is 1.19 bits per heavy atom. The largest absolute Gasteiger partial charge is 0.319 e. The maximum Gasteiger partial charge on any atom is 0.266 e. The molecule has 0 saturated carbocycles. The standard InChI is InChI=1S/C23H19FN4O2S/c1-14-8-9-19(10-15(14)2)28(16(3)29)23-26-18(13-31-23)11-17(12-25)22(30)27-21-7-5-4-6-20(21)24/h4-11,13H,1-3H3,(H,27,30)/b17-11+. The maximum absolute atomic E-state index is 13.8. The summed E-state index contributed by atoms with van der Waals surface area (Å²) in [7, 11) is 0. The molecule has 156 valence electrons. The summed E-state index contributed by atoms with van der Waals surface area (Å²) in [6.07, 6.45) is 1.30. The summed E-state index contributed by atoms with van der Waals surface area (Å²) >= 11 is 1.21. The number of thiazole rings is 1. The Morgan fingerprint density at radius 2 is 1.94 bits per heavy atom. The van der Waals surface area contributed by atoms with Gasteiger partial charge in [-0.25, -0.2) is 9.37 Å². The van der Waals surface area contributed by atoms with Crippen LogP contribution in [0.1, 0.15) is 23.7 Å². The molecule has 2 amide bonds. The van der Waals surface area contributed by atoms with E-state index >= 15 is 0 Å². The first-order valence-electron chi connectivity index (χ1n) is 9.31. The summed E-state index contributed by atoms with van der Waals surface area (Å²) in [5.41, 5.74) is 2.91. The topological polar surface area (TPSA) is 86.1 Å². The first-order chi connectivity index (χ1) is 14.8. The Hall–Kier alpha value is -3.83. The molecule has 0 aliphatic rings. The SMILES string of the molecule is CC(=O)N(c1ccc(C)c(C)c1)c1nc(/C=C(\C#N)C(=O)Nc2ccccc2F)cs1. The van der Waals surface area contributed by atoms with E-state index in [1.165, 1.54) is 47.4 Å². The second kappa shape index (κ2) is 9.32. The Balaban J connectivity index is 1.88. The molecule has 3 rings (SSSR count). The average Bonchev–Trinajstić information content (AvgIpc) is 3.18. The van der Waals surface area contributed by atoms with Crippen LogP contribution in [-0.4, -0.2) is 16.8 Å². The second-order valence-electron chi connectivity index (χ2n) is 6.78. The number of aryl methyl sites for hydroxylation is 2. The van der Waals surface area contributed by atoms with E-state index in [0.717, 1.165) is 11.1 Å². The molecule has 0 aliphatic heterocycles. The summed E-state index contributed by atoms with van der Waals surface area (Å²) in [4.78, 5) is 30.5. The number of carbonyl (C=O) groups is 2. The summed E-state index contributed by atoms with van der Waals surface area (Å²) in [6, 6.07) is 13.2. The van der Waals surface area contributed by atoms with E-state index in [1.807, 2.05) is 38.1 Å². The van der Waals surface area contributed by atoms with E-state index in [9.17, 15) is 19.2 Å². The molecule has 0 spiro atoms. The molecule has 2 aromatic carbocycles. The zero-order valence-electron chi connectivity index (χ0n) is 17.1. The minimum absolute atomic E-state index is 0.0230. The molecular formula is C23H19FN4O2S. The lowest BCUT2D eigenvalue weighted by Crippen LogP contribution is -2.22. The molecule has 0 fully saturated rings. The van der Waals surface area contributed by atoms with Crippen molar-refractivity contribution in [2.24, 2.45) is 0 Å². The van der Waals surface area contributed by atoms with Crippen LogP contribution in [0.2, 0.25) is 0 Å². The van der Waals surface area contributed by atoms with Gasteiger partial charge in [-0.2, -0.15) is 5.26 Å². The highest BCUT2D eigenvalue weighted by Crippen LogP contribution is 2.30. The van der Waals surface area contributed by atoms with Crippen LogP contribution in [0.15, 0.2) is 53.4 Å². The molecule has 8 heteroatoms. The third kappa shape index (κ3) is 5.02. The van der Waals surface area contributed by atoms with Crippen LogP contribution in [0.25, 0.3) is 6.08 Å². The number of hydrogen-bond donors (Lipinski definition) is 1. The van der Waals surface area contributed by atoms with Crippen molar-refractivity contribution < 1.29 is 14.0 Å².